The number of nitrogens with one attached hydrogen (secondary N) is 1. The first-order valence-electron chi connectivity index (χ1n) is 8.42. The highest BCUT2D eigenvalue weighted by Crippen LogP contribution is 2.25. The van der Waals surface area contributed by atoms with Crippen LogP contribution < -0.4 is 0 Å². The van der Waals surface area contributed by atoms with E-state index in [0.29, 0.717) is 16.2 Å². The highest BCUT2D eigenvalue weighted by Gasteiger charge is 2.15. The Balaban J connectivity index is 1.99. The van der Waals surface area contributed by atoms with Gasteiger partial charge in [-0.2, -0.15) is 14.9 Å². The quantitative estimate of drug-likeness (QED) is 0.516. The molecule has 0 aliphatic rings. The lowest BCUT2D eigenvalue weighted by Crippen LogP contribution is -2.10. The first-order chi connectivity index (χ1) is 12.8. The molecular weight excluding hydrogens is 360 g/mol. The van der Waals surface area contributed by atoms with E-state index in [-0.39, 0.29) is 11.0 Å². The van der Waals surface area contributed by atoms with Gasteiger partial charge in [0.1, 0.15) is 0 Å². The van der Waals surface area contributed by atoms with E-state index in [2.05, 4.69) is 48.2 Å². The van der Waals surface area contributed by atoms with Gasteiger partial charge in [0.05, 0.1) is 11.8 Å². The van der Waals surface area contributed by atoms with Crippen LogP contribution in [0.3, 0.4) is 0 Å². The van der Waals surface area contributed by atoms with E-state index in [9.17, 15) is 9.90 Å². The van der Waals surface area contributed by atoms with Crippen LogP contribution in [0.15, 0.2) is 53.6 Å². The Morgan fingerprint density at radius 2 is 1.85 bits per heavy atom. The Morgan fingerprint density at radius 3 is 2.48 bits per heavy atom. The lowest BCUT2D eigenvalue weighted by Gasteiger charge is -2.18. The third-order valence-electron chi connectivity index (χ3n) is 4.16. The molecule has 1 aromatic heterocycles. The Kier molecular flexibility index (Phi) is 5.05. The largest absolute Gasteiger partial charge is 0.478 e. The number of benzene rings is 2. The standard InChI is InChI=1S/C20H20N4O2S/c1-20(2,3)15-10-8-13(9-11-15)17-22-23-19(27)24(17)21-12-14-6-4-5-7-16(14)18(25)26/h4-12H,1-3H3,(H,23,27)(H,25,26)/b21-12+. The minimum atomic E-state index is -1.01. The first-order valence-corrected chi connectivity index (χ1v) is 8.83. The molecule has 0 aliphatic carbocycles. The number of carbonyl (C=O) groups is 1. The van der Waals surface area contributed by atoms with Crippen molar-refractivity contribution in [1.29, 1.82) is 0 Å². The van der Waals surface area contributed by atoms with Crippen molar-refractivity contribution in [3.8, 4) is 11.4 Å². The number of aromatic nitrogens is 3. The maximum Gasteiger partial charge on any atom is 0.336 e. The number of hydrogen-bond donors (Lipinski definition) is 2. The second-order valence-corrected chi connectivity index (χ2v) is 7.52. The number of aromatic amines is 1. The molecule has 0 atom stereocenters. The average molecular weight is 380 g/mol. The molecule has 3 aromatic rings. The number of nitrogens with zero attached hydrogens (tertiary/aromatic N) is 3. The molecule has 0 unspecified atom stereocenters. The van der Waals surface area contributed by atoms with E-state index in [1.165, 1.54) is 22.5 Å². The molecule has 6 nitrogen and oxygen atoms in total. The molecule has 1 heterocycles. The first kappa shape index (κ1) is 18.7. The second kappa shape index (κ2) is 7.28. The van der Waals surface area contributed by atoms with Crippen molar-refractivity contribution in [3.63, 3.8) is 0 Å². The van der Waals surface area contributed by atoms with Gasteiger partial charge in [-0.1, -0.05) is 63.2 Å². The lowest BCUT2D eigenvalue weighted by molar-refractivity contribution is 0.0696. The molecule has 2 N–H and O–H groups in total. The van der Waals surface area contributed by atoms with E-state index in [1.54, 1.807) is 18.2 Å². The summed E-state index contributed by atoms with van der Waals surface area (Å²) in [6.45, 7) is 6.47. The van der Waals surface area contributed by atoms with Gasteiger partial charge in [-0.25, -0.2) is 9.89 Å². The minimum absolute atomic E-state index is 0.0575. The molecule has 0 fully saturated rings. The maximum atomic E-state index is 11.3. The summed E-state index contributed by atoms with van der Waals surface area (Å²) in [5, 5.41) is 20.7. The minimum Gasteiger partial charge on any atom is -0.478 e. The van der Waals surface area contributed by atoms with Gasteiger partial charge in [-0.15, -0.1) is 0 Å². The summed E-state index contributed by atoms with van der Waals surface area (Å²) in [4.78, 5) is 11.3. The van der Waals surface area contributed by atoms with Crippen molar-refractivity contribution in [3.05, 3.63) is 70.0 Å². The molecule has 2 aromatic carbocycles. The average Bonchev–Trinajstić information content (AvgIpc) is 3.00. The van der Waals surface area contributed by atoms with Crippen LogP contribution in [0.1, 0.15) is 42.3 Å². The predicted octanol–water partition coefficient (Wildman–Crippen LogP) is 4.49. The van der Waals surface area contributed by atoms with E-state index < -0.39 is 5.97 Å². The molecule has 0 saturated heterocycles. The van der Waals surface area contributed by atoms with Crippen molar-refractivity contribution in [1.82, 2.24) is 14.9 Å². The summed E-state index contributed by atoms with van der Waals surface area (Å²) >= 11 is 5.27. The van der Waals surface area contributed by atoms with E-state index >= 15 is 0 Å². The Labute approximate surface area is 162 Å². The summed E-state index contributed by atoms with van der Waals surface area (Å²) < 4.78 is 1.81. The Bertz CT molecular complexity index is 1060. The van der Waals surface area contributed by atoms with Crippen LogP contribution >= 0.6 is 12.2 Å². The molecule has 7 heteroatoms. The zero-order valence-corrected chi connectivity index (χ0v) is 16.1. The summed E-state index contributed by atoms with van der Waals surface area (Å²) in [5.74, 6) is -0.449. The van der Waals surface area contributed by atoms with Crippen LogP contribution in [0.4, 0.5) is 0 Å². The van der Waals surface area contributed by atoms with Gasteiger partial charge in [-0.3, -0.25) is 0 Å². The Hall–Kier alpha value is -3.06. The van der Waals surface area contributed by atoms with Crippen molar-refractivity contribution >= 4 is 24.4 Å². The summed E-state index contributed by atoms with van der Waals surface area (Å²) in [5.41, 5.74) is 2.79. The Morgan fingerprint density at radius 1 is 1.19 bits per heavy atom. The van der Waals surface area contributed by atoms with E-state index in [4.69, 9.17) is 12.2 Å². The number of aromatic carboxylic acids is 1. The zero-order chi connectivity index (χ0) is 19.6. The molecule has 0 bridgehead atoms. The second-order valence-electron chi connectivity index (χ2n) is 7.13. The molecule has 0 spiro atoms. The van der Waals surface area contributed by atoms with Gasteiger partial charge in [0, 0.05) is 11.1 Å². The fourth-order valence-corrected chi connectivity index (χ4v) is 2.81. The fraction of sp³-hybridized carbons (Fsp3) is 0.200. The molecule has 27 heavy (non-hydrogen) atoms. The van der Waals surface area contributed by atoms with E-state index in [0.717, 1.165) is 5.56 Å². The normalized spacial score (nSPS) is 11.8. The smallest absolute Gasteiger partial charge is 0.336 e. The topological polar surface area (TPSA) is 83.3 Å². The van der Waals surface area contributed by atoms with Crippen molar-refractivity contribution in [2.45, 2.75) is 26.2 Å². The number of carboxylic acid groups (broad SMARTS) is 1. The summed E-state index contributed by atoms with van der Waals surface area (Å²) in [7, 11) is 0. The SMILES string of the molecule is CC(C)(C)c1ccc(-c2n[nH]c(=S)n2/N=C/c2ccccc2C(=O)O)cc1. The maximum absolute atomic E-state index is 11.3. The number of carboxylic acids is 1. The van der Waals surface area contributed by atoms with Gasteiger partial charge < -0.3 is 5.11 Å². The van der Waals surface area contributed by atoms with Crippen LogP contribution in [-0.4, -0.2) is 32.2 Å². The van der Waals surface area contributed by atoms with Crippen LogP contribution in [-0.2, 0) is 5.41 Å². The van der Waals surface area contributed by atoms with Crippen molar-refractivity contribution in [2.24, 2.45) is 5.10 Å². The number of H-pyrrole nitrogens is 1. The fourth-order valence-electron chi connectivity index (χ4n) is 2.63. The lowest BCUT2D eigenvalue weighted by atomic mass is 9.87. The highest BCUT2D eigenvalue weighted by atomic mass is 32.1. The molecule has 0 aliphatic heterocycles. The van der Waals surface area contributed by atoms with Gasteiger partial charge in [0.25, 0.3) is 0 Å². The van der Waals surface area contributed by atoms with Gasteiger partial charge in [-0.05, 0) is 29.3 Å². The molecule has 138 valence electrons. The van der Waals surface area contributed by atoms with Crippen LogP contribution in [0.5, 0.6) is 0 Å². The van der Waals surface area contributed by atoms with E-state index in [1.807, 2.05) is 12.1 Å². The third kappa shape index (κ3) is 4.03. The van der Waals surface area contributed by atoms with Crippen LogP contribution in [0.25, 0.3) is 11.4 Å². The van der Waals surface area contributed by atoms with Gasteiger partial charge >= 0.3 is 5.97 Å². The highest BCUT2D eigenvalue weighted by molar-refractivity contribution is 7.71. The summed E-state index contributed by atoms with van der Waals surface area (Å²) in [6, 6.07) is 14.7. The molecule has 0 saturated carbocycles. The monoisotopic (exact) mass is 380 g/mol. The molecule has 0 radical (unpaired) electrons. The predicted molar refractivity (Wildman–Crippen MR) is 108 cm³/mol. The molecule has 0 amide bonds. The van der Waals surface area contributed by atoms with Gasteiger partial charge in [0.15, 0.2) is 5.82 Å². The van der Waals surface area contributed by atoms with Crippen LogP contribution in [0, 0.1) is 4.77 Å². The molecular formula is C20H20N4O2S. The summed E-state index contributed by atoms with van der Waals surface area (Å²) in [6.07, 6.45) is 1.47. The molecule has 3 rings (SSSR count). The number of hydrogen-bond acceptors (Lipinski definition) is 4. The number of rotatable bonds is 4. The van der Waals surface area contributed by atoms with Gasteiger partial charge in [0.2, 0.25) is 4.77 Å². The zero-order valence-electron chi connectivity index (χ0n) is 15.3. The van der Waals surface area contributed by atoms with Crippen molar-refractivity contribution < 1.29 is 9.90 Å². The van der Waals surface area contributed by atoms with Crippen molar-refractivity contribution in [2.75, 3.05) is 0 Å². The van der Waals surface area contributed by atoms with Crippen LogP contribution in [0.2, 0.25) is 0 Å². The third-order valence-corrected chi connectivity index (χ3v) is 4.43.